The molecule has 5 rings (SSSR count). The molecule has 1 aromatic carbocycles. The number of benzene rings is 1. The van der Waals surface area contributed by atoms with Crippen molar-refractivity contribution in [3.05, 3.63) is 41.2 Å². The number of anilines is 1. The van der Waals surface area contributed by atoms with E-state index in [1.165, 1.54) is 52.1 Å². The summed E-state index contributed by atoms with van der Waals surface area (Å²) in [6.45, 7) is 19.5. The number of likely N-dealkylation sites (tertiary alicyclic amines) is 1. The SMILES string of the molecule is CC[C@H](C)[C@@H]([C@@H](CC(=O)N1CCC[C@H]1[C@H](OC)[C@@H](C)C(=O)N[C@H](CN)Cc1ccc(NC(=O)[C@H](CCCNC(N)=O)NC(=O)[C@@H](NC(=O)CCOCCOCCn2nc3c(n2)CSC2CCCCCCC(C2)SC3)C(C)C)cc1)OC)N(C)C(=O)[C@@H](NC(=O)[C@H](C(C)C)N(C)C)C(C)C. The minimum absolute atomic E-state index is 0.00511. The van der Waals surface area contributed by atoms with Gasteiger partial charge in [-0.1, -0.05) is 107 Å². The minimum Gasteiger partial charge on any atom is -0.379 e. The minimum atomic E-state index is -1.06. The molecule has 99 heavy (non-hydrogen) atoms. The first kappa shape index (κ1) is 84.0. The highest BCUT2D eigenvalue weighted by Gasteiger charge is 2.44. The van der Waals surface area contributed by atoms with E-state index in [0.29, 0.717) is 74.6 Å². The Hall–Kier alpha value is -5.62. The molecule has 2 fully saturated rings. The molecule has 9 amide bonds. The zero-order chi connectivity index (χ0) is 72.9. The van der Waals surface area contributed by atoms with Crippen molar-refractivity contribution in [3.8, 4) is 0 Å². The molecule has 2 bridgehead atoms. The Balaban J connectivity index is 1.10. The maximum Gasteiger partial charge on any atom is 0.312 e. The molecule has 3 heterocycles. The molecule has 28 heteroatoms. The van der Waals surface area contributed by atoms with Gasteiger partial charge in [-0.05, 0) is 107 Å². The van der Waals surface area contributed by atoms with Gasteiger partial charge in [0, 0.05) is 81.1 Å². The van der Waals surface area contributed by atoms with E-state index < -0.39 is 84.2 Å². The Bertz CT molecular complexity index is 2790. The highest BCUT2D eigenvalue weighted by molar-refractivity contribution is 8.00. The number of carbonyl (C=O) groups excluding carboxylic acids is 8. The molecule has 1 saturated carbocycles. The fraction of sp³-hybridized carbons (Fsp3) is 0.775. The molecule has 13 atom stereocenters. The van der Waals surface area contributed by atoms with Gasteiger partial charge in [-0.15, -0.1) is 0 Å². The lowest BCUT2D eigenvalue weighted by Crippen LogP contribution is -2.59. The third-order valence-electron chi connectivity index (χ3n) is 19.5. The van der Waals surface area contributed by atoms with Gasteiger partial charge in [-0.3, -0.25) is 38.5 Å². The van der Waals surface area contributed by atoms with Gasteiger partial charge in [0.25, 0.3) is 0 Å². The number of urea groups is 1. The van der Waals surface area contributed by atoms with E-state index in [1.54, 1.807) is 73.8 Å². The topological polar surface area (TPSA) is 338 Å². The Labute approximate surface area is 598 Å². The number of hydrogen-bond donors (Lipinski definition) is 8. The van der Waals surface area contributed by atoms with E-state index in [4.69, 9.17) is 40.6 Å². The van der Waals surface area contributed by atoms with Crippen LogP contribution in [-0.4, -0.2) is 224 Å². The van der Waals surface area contributed by atoms with Crippen molar-refractivity contribution in [1.29, 1.82) is 0 Å². The Kier molecular flexibility index (Phi) is 36.8. The van der Waals surface area contributed by atoms with Crippen LogP contribution >= 0.6 is 23.5 Å². The highest BCUT2D eigenvalue weighted by Crippen LogP contribution is 2.37. The molecule has 26 nitrogen and oxygen atoms in total. The molecule has 2 aromatic rings. The number of fused-ring (bicyclic) bond motifs is 3. The molecule has 2 aliphatic heterocycles. The number of rotatable bonds is 40. The molecule has 3 aliphatic rings. The summed E-state index contributed by atoms with van der Waals surface area (Å²) in [6.07, 6.45) is 10.5. The fourth-order valence-corrected chi connectivity index (χ4v) is 16.5. The molecule has 0 radical (unpaired) electrons. The Morgan fingerprint density at radius 1 is 0.707 bits per heavy atom. The number of likely N-dealkylation sites (N-methyl/N-ethyl adjacent to an activating group) is 2. The van der Waals surface area contributed by atoms with Crippen molar-refractivity contribution in [2.45, 2.75) is 242 Å². The lowest BCUT2D eigenvalue weighted by atomic mass is 9.89. The monoisotopic (exact) mass is 1430 g/mol. The predicted octanol–water partition coefficient (Wildman–Crippen LogP) is 6.01. The third-order valence-corrected chi connectivity index (χ3v) is 22.2. The lowest BCUT2D eigenvalue weighted by molar-refractivity contribution is -0.148. The average molecular weight is 1430 g/mol. The summed E-state index contributed by atoms with van der Waals surface area (Å²) in [7, 11) is 8.49. The smallest absolute Gasteiger partial charge is 0.312 e. The van der Waals surface area contributed by atoms with Crippen molar-refractivity contribution >= 4 is 76.6 Å². The Morgan fingerprint density at radius 3 is 1.89 bits per heavy atom. The van der Waals surface area contributed by atoms with E-state index >= 15 is 0 Å². The van der Waals surface area contributed by atoms with Crippen LogP contribution in [0.2, 0.25) is 0 Å². The third kappa shape index (κ3) is 26.9. The largest absolute Gasteiger partial charge is 0.379 e. The number of carbonyl (C=O) groups is 8. The van der Waals surface area contributed by atoms with E-state index in [1.807, 2.05) is 84.1 Å². The van der Waals surface area contributed by atoms with Gasteiger partial charge < -0.3 is 72.1 Å². The summed E-state index contributed by atoms with van der Waals surface area (Å²) >= 11 is 4.08. The maximum absolute atomic E-state index is 14.5. The molecule has 560 valence electrons. The van der Waals surface area contributed by atoms with Gasteiger partial charge in [0.15, 0.2) is 0 Å². The summed E-state index contributed by atoms with van der Waals surface area (Å²) in [4.78, 5) is 116. The number of nitrogens with one attached hydrogen (secondary N) is 6. The first-order valence-electron chi connectivity index (χ1n) is 36.1. The second kappa shape index (κ2) is 43.4. The van der Waals surface area contributed by atoms with Crippen LogP contribution in [0.15, 0.2) is 24.3 Å². The van der Waals surface area contributed by atoms with Crippen LogP contribution in [0.4, 0.5) is 10.5 Å². The van der Waals surface area contributed by atoms with Gasteiger partial charge in [-0.25, -0.2) is 4.79 Å². The molecular formula is C71H122N14O12S2. The number of amides is 9. The fourth-order valence-electron chi connectivity index (χ4n) is 13.7. The van der Waals surface area contributed by atoms with Gasteiger partial charge in [0.2, 0.25) is 41.4 Å². The van der Waals surface area contributed by atoms with Gasteiger partial charge in [-0.2, -0.15) is 38.5 Å². The molecule has 2 unspecified atom stereocenters. The summed E-state index contributed by atoms with van der Waals surface area (Å²) < 4.78 is 23.7. The molecule has 10 N–H and O–H groups in total. The number of nitrogens with zero attached hydrogens (tertiary/aromatic N) is 6. The van der Waals surface area contributed by atoms with Gasteiger partial charge in [0.05, 0.1) is 87.0 Å². The van der Waals surface area contributed by atoms with Crippen LogP contribution < -0.4 is 43.4 Å². The second-order valence-electron chi connectivity index (χ2n) is 28.3. The number of methoxy groups -OCH3 is 2. The van der Waals surface area contributed by atoms with E-state index in [9.17, 15) is 38.4 Å². The summed E-state index contributed by atoms with van der Waals surface area (Å²) in [5, 5.41) is 28.2. The average Bonchev–Trinajstić information content (AvgIpc) is 1.79. The molecule has 1 aliphatic carbocycles. The van der Waals surface area contributed by atoms with Crippen molar-refractivity contribution in [2.24, 2.45) is 41.1 Å². The molecule has 0 spiro atoms. The van der Waals surface area contributed by atoms with Crippen LogP contribution in [0.1, 0.15) is 169 Å². The standard InChI is InChI=1S/C71H122N14O12S2/c1-15-47(8)64(83(12)70(92)62(45(4)5)79-69(91)63(46(6)7)82(10)11)58(94-13)40-60(87)84-32-21-25-57(84)65(95-14)48(9)66(88)76-51(41-72)38-49-26-28-50(29-27-49)75-67(89)54(24-20-31-74-71(73)93)77-68(90)61(44(2)3)78-59(86)30-34-96-36-37-97-35-33-85-80-55-42-98-52-22-18-16-17-19-23-53(39-52)99-43-56(55)81-85/h26-29,44-48,51-54,57-58,61-65H,15-25,30-43,72H2,1-14H3,(H,75,89)(H,76,88)(H,77,90)(H,78,86)(H,79,91)(H3,73,74,93)/t47-,48+,51-,52?,53?,54-,57-,58+,61-,62-,63-,64-,65+/m0/s1. The van der Waals surface area contributed by atoms with Crippen LogP contribution in [0.5, 0.6) is 0 Å². The van der Waals surface area contributed by atoms with Gasteiger partial charge in [0.1, 0.15) is 18.1 Å². The van der Waals surface area contributed by atoms with Crippen LogP contribution in [0.25, 0.3) is 0 Å². The van der Waals surface area contributed by atoms with Crippen molar-refractivity contribution in [1.82, 2.24) is 56.3 Å². The summed E-state index contributed by atoms with van der Waals surface area (Å²) in [5.74, 6) is -2.01. The van der Waals surface area contributed by atoms with Gasteiger partial charge >= 0.3 is 6.03 Å². The van der Waals surface area contributed by atoms with E-state index in [2.05, 4.69) is 31.9 Å². The maximum atomic E-state index is 14.5. The number of thioether (sulfide) groups is 2. The first-order valence-corrected chi connectivity index (χ1v) is 38.2. The normalized spacial score (nSPS) is 19.8. The number of primary amides is 1. The molecule has 1 aromatic heterocycles. The quantitative estimate of drug-likeness (QED) is 0.0354. The second-order valence-corrected chi connectivity index (χ2v) is 30.9. The predicted molar refractivity (Wildman–Crippen MR) is 389 cm³/mol. The zero-order valence-corrected chi connectivity index (χ0v) is 63.4. The van der Waals surface area contributed by atoms with Crippen molar-refractivity contribution in [3.63, 3.8) is 0 Å². The van der Waals surface area contributed by atoms with E-state index in [-0.39, 0.29) is 92.9 Å². The number of nitrogens with two attached hydrogens (primary N) is 2. The summed E-state index contributed by atoms with van der Waals surface area (Å²) in [6, 6.07) is 1.59. The summed E-state index contributed by atoms with van der Waals surface area (Å²) in [5.41, 5.74) is 15.0. The number of ether oxygens (including phenoxy) is 4. The van der Waals surface area contributed by atoms with Crippen molar-refractivity contribution < 1.29 is 57.3 Å². The Morgan fingerprint density at radius 2 is 1.33 bits per heavy atom. The highest BCUT2D eigenvalue weighted by atomic mass is 32.2. The molecule has 1 saturated heterocycles. The van der Waals surface area contributed by atoms with Crippen LogP contribution in [-0.2, 0) is 77.0 Å². The van der Waals surface area contributed by atoms with Crippen LogP contribution in [0.3, 0.4) is 0 Å². The van der Waals surface area contributed by atoms with Crippen LogP contribution in [0, 0.1) is 29.6 Å². The first-order chi connectivity index (χ1) is 47.2. The lowest BCUT2D eigenvalue weighted by Gasteiger charge is -2.41. The molecular weight excluding hydrogens is 1310 g/mol. The zero-order valence-electron chi connectivity index (χ0n) is 61.8. The number of hydrogen-bond acceptors (Lipinski definition) is 18. The van der Waals surface area contributed by atoms with E-state index in [0.717, 1.165) is 28.5 Å². The van der Waals surface area contributed by atoms with Crippen molar-refractivity contribution in [2.75, 3.05) is 86.7 Å². The number of aromatic nitrogens is 3.